The third-order valence-corrected chi connectivity index (χ3v) is 5.46. The Morgan fingerprint density at radius 1 is 1.23 bits per heavy atom. The maximum absolute atomic E-state index is 13.0. The number of H-pyrrole nitrogens is 1. The molecule has 0 bridgehead atoms. The summed E-state index contributed by atoms with van der Waals surface area (Å²) in [5.41, 5.74) is 2.97. The van der Waals surface area contributed by atoms with Crippen molar-refractivity contribution >= 4 is 11.8 Å². The van der Waals surface area contributed by atoms with Crippen LogP contribution < -0.4 is 10.1 Å². The predicted molar refractivity (Wildman–Crippen MR) is 115 cm³/mol. The quantitative estimate of drug-likeness (QED) is 0.640. The van der Waals surface area contributed by atoms with Gasteiger partial charge < -0.3 is 15.0 Å². The number of nitrogens with one attached hydrogen (secondary N) is 2. The first-order valence-electron chi connectivity index (χ1n) is 10.3. The van der Waals surface area contributed by atoms with Crippen molar-refractivity contribution in [2.75, 3.05) is 20.2 Å². The smallest absolute Gasteiger partial charge is 0.271 e. The number of carbonyl (C=O) groups excluding carboxylic acids is 2. The zero-order valence-electron chi connectivity index (χ0n) is 17.4. The predicted octanol–water partition coefficient (Wildman–Crippen LogP) is 2.65. The van der Waals surface area contributed by atoms with E-state index in [1.54, 1.807) is 30.5 Å². The molecule has 1 aliphatic heterocycles. The monoisotopic (exact) mass is 419 g/mol. The molecular weight excluding hydrogens is 394 g/mol. The highest BCUT2D eigenvalue weighted by atomic mass is 16.5. The molecule has 3 heterocycles. The first-order chi connectivity index (χ1) is 15.1. The molecule has 4 rings (SSSR count). The Hall–Kier alpha value is -3.68. The molecule has 1 fully saturated rings. The number of ether oxygens (including phenoxy) is 1. The van der Waals surface area contributed by atoms with Crippen LogP contribution in [-0.4, -0.2) is 52.1 Å². The van der Waals surface area contributed by atoms with Crippen LogP contribution in [0.2, 0.25) is 0 Å². The van der Waals surface area contributed by atoms with Crippen LogP contribution in [-0.2, 0) is 11.3 Å². The summed E-state index contributed by atoms with van der Waals surface area (Å²) in [6.07, 6.45) is 4.92. The molecule has 0 unspecified atom stereocenters. The summed E-state index contributed by atoms with van der Waals surface area (Å²) in [5.74, 6) is 0.346. The van der Waals surface area contributed by atoms with Gasteiger partial charge in [0.15, 0.2) is 0 Å². The van der Waals surface area contributed by atoms with Crippen molar-refractivity contribution in [3.63, 3.8) is 0 Å². The zero-order chi connectivity index (χ0) is 21.6. The second kappa shape index (κ2) is 9.42. The molecule has 2 aromatic heterocycles. The summed E-state index contributed by atoms with van der Waals surface area (Å²) in [5, 5.41) is 10.1. The number of benzene rings is 1. The first kappa shape index (κ1) is 20.6. The molecule has 31 heavy (non-hydrogen) atoms. The van der Waals surface area contributed by atoms with Gasteiger partial charge in [-0.1, -0.05) is 12.1 Å². The van der Waals surface area contributed by atoms with Gasteiger partial charge in [-0.05, 0) is 48.7 Å². The number of aromatic nitrogens is 3. The molecule has 1 atom stereocenters. The second-order valence-corrected chi connectivity index (χ2v) is 7.56. The molecule has 8 nitrogen and oxygen atoms in total. The molecule has 2 N–H and O–H groups in total. The summed E-state index contributed by atoms with van der Waals surface area (Å²) in [6.45, 7) is 1.45. The van der Waals surface area contributed by atoms with E-state index in [-0.39, 0.29) is 17.7 Å². The Morgan fingerprint density at radius 2 is 2.06 bits per heavy atom. The van der Waals surface area contributed by atoms with Crippen LogP contribution in [0.25, 0.3) is 11.3 Å². The number of pyridine rings is 1. The SMILES string of the molecule is COc1cccc(CNC(=O)[C@@H]2CCCN(C(=O)c3cc(-c4ccncc4)n[nH]3)C2)c1. The van der Waals surface area contributed by atoms with Crippen LogP contribution >= 0.6 is 0 Å². The van der Waals surface area contributed by atoms with E-state index >= 15 is 0 Å². The van der Waals surface area contributed by atoms with Gasteiger partial charge in [0.2, 0.25) is 5.91 Å². The van der Waals surface area contributed by atoms with Crippen molar-refractivity contribution in [2.24, 2.45) is 5.92 Å². The highest BCUT2D eigenvalue weighted by Gasteiger charge is 2.29. The molecule has 1 aromatic carbocycles. The topological polar surface area (TPSA) is 100 Å². The molecule has 1 saturated heterocycles. The summed E-state index contributed by atoms with van der Waals surface area (Å²) in [4.78, 5) is 31.4. The van der Waals surface area contributed by atoms with Crippen LogP contribution in [0.1, 0.15) is 28.9 Å². The molecule has 160 valence electrons. The van der Waals surface area contributed by atoms with E-state index in [0.717, 1.165) is 29.7 Å². The third kappa shape index (κ3) is 4.91. The lowest BCUT2D eigenvalue weighted by molar-refractivity contribution is -0.126. The molecule has 8 heteroatoms. The Morgan fingerprint density at radius 3 is 2.87 bits per heavy atom. The number of carbonyl (C=O) groups is 2. The maximum atomic E-state index is 13.0. The normalized spacial score (nSPS) is 16.0. The fourth-order valence-corrected chi connectivity index (χ4v) is 3.76. The Kier molecular flexibility index (Phi) is 6.26. The van der Waals surface area contributed by atoms with Gasteiger partial charge in [0, 0.05) is 37.6 Å². The van der Waals surface area contributed by atoms with Crippen LogP contribution in [0.5, 0.6) is 5.75 Å². The summed E-state index contributed by atoms with van der Waals surface area (Å²) in [7, 11) is 1.62. The third-order valence-electron chi connectivity index (χ3n) is 5.46. The van der Waals surface area contributed by atoms with E-state index in [9.17, 15) is 9.59 Å². The maximum Gasteiger partial charge on any atom is 0.271 e. The lowest BCUT2D eigenvalue weighted by Crippen LogP contribution is -2.45. The lowest BCUT2D eigenvalue weighted by atomic mass is 9.96. The number of methoxy groups -OCH3 is 1. The lowest BCUT2D eigenvalue weighted by Gasteiger charge is -2.31. The van der Waals surface area contributed by atoms with Gasteiger partial charge in [0.25, 0.3) is 5.91 Å². The van der Waals surface area contributed by atoms with Gasteiger partial charge in [0.05, 0.1) is 18.7 Å². The molecule has 0 saturated carbocycles. The van der Waals surface area contributed by atoms with Gasteiger partial charge in [-0.2, -0.15) is 5.10 Å². The number of hydrogen-bond donors (Lipinski definition) is 2. The number of nitrogens with zero attached hydrogens (tertiary/aromatic N) is 3. The minimum atomic E-state index is -0.231. The van der Waals surface area contributed by atoms with Gasteiger partial charge in [-0.25, -0.2) is 0 Å². The molecule has 0 aliphatic carbocycles. The fraction of sp³-hybridized carbons (Fsp3) is 0.304. The highest BCUT2D eigenvalue weighted by molar-refractivity contribution is 5.94. The summed E-state index contributed by atoms with van der Waals surface area (Å²) < 4.78 is 5.22. The van der Waals surface area contributed by atoms with Crippen LogP contribution in [0, 0.1) is 5.92 Å². The molecule has 2 amide bonds. The molecular formula is C23H25N5O3. The molecule has 0 radical (unpaired) electrons. The number of likely N-dealkylation sites (tertiary alicyclic amines) is 1. The Labute approximate surface area is 180 Å². The van der Waals surface area contributed by atoms with E-state index in [4.69, 9.17) is 4.74 Å². The first-order valence-corrected chi connectivity index (χ1v) is 10.3. The largest absolute Gasteiger partial charge is 0.497 e. The van der Waals surface area contributed by atoms with E-state index in [1.807, 2.05) is 36.4 Å². The van der Waals surface area contributed by atoms with Crippen LogP contribution in [0.3, 0.4) is 0 Å². The van der Waals surface area contributed by atoms with Gasteiger partial charge in [0.1, 0.15) is 11.4 Å². The minimum Gasteiger partial charge on any atom is -0.497 e. The van der Waals surface area contributed by atoms with Crippen LogP contribution in [0.4, 0.5) is 0 Å². The van der Waals surface area contributed by atoms with Crippen LogP contribution in [0.15, 0.2) is 54.9 Å². The summed E-state index contributed by atoms with van der Waals surface area (Å²) in [6, 6.07) is 13.0. The van der Waals surface area contributed by atoms with Gasteiger partial charge in [-0.3, -0.25) is 19.7 Å². The van der Waals surface area contributed by atoms with Crippen molar-refractivity contribution in [3.05, 3.63) is 66.1 Å². The minimum absolute atomic E-state index is 0.0394. The standard InChI is InChI=1S/C23H25N5O3/c1-31-19-6-2-4-16(12-19)14-25-22(29)18-5-3-11-28(15-18)23(30)21-13-20(26-27-21)17-7-9-24-10-8-17/h2,4,6-10,12-13,18H,3,5,11,14-15H2,1H3,(H,25,29)(H,26,27)/t18-/m1/s1. The average Bonchev–Trinajstić information content (AvgIpc) is 3.33. The molecule has 0 spiro atoms. The fourth-order valence-electron chi connectivity index (χ4n) is 3.76. The van der Waals surface area contributed by atoms with Crippen molar-refractivity contribution in [2.45, 2.75) is 19.4 Å². The zero-order valence-corrected chi connectivity index (χ0v) is 17.4. The molecule has 3 aromatic rings. The number of aromatic amines is 1. The summed E-state index contributed by atoms with van der Waals surface area (Å²) >= 11 is 0. The van der Waals surface area contributed by atoms with Crippen molar-refractivity contribution in [1.29, 1.82) is 0 Å². The number of amides is 2. The van der Waals surface area contributed by atoms with E-state index in [1.165, 1.54) is 0 Å². The van der Waals surface area contributed by atoms with E-state index in [2.05, 4.69) is 20.5 Å². The van der Waals surface area contributed by atoms with E-state index < -0.39 is 0 Å². The molecule has 1 aliphatic rings. The van der Waals surface area contributed by atoms with Crippen molar-refractivity contribution in [3.8, 4) is 17.0 Å². The number of rotatable bonds is 6. The number of hydrogen-bond acceptors (Lipinski definition) is 5. The van der Waals surface area contributed by atoms with Gasteiger partial charge in [-0.15, -0.1) is 0 Å². The van der Waals surface area contributed by atoms with Gasteiger partial charge >= 0.3 is 0 Å². The van der Waals surface area contributed by atoms with E-state index in [0.29, 0.717) is 31.0 Å². The highest BCUT2D eigenvalue weighted by Crippen LogP contribution is 2.21. The Balaban J connectivity index is 1.36. The average molecular weight is 419 g/mol. The number of piperidine rings is 1. The second-order valence-electron chi connectivity index (χ2n) is 7.56. The van der Waals surface area contributed by atoms with Crippen molar-refractivity contribution < 1.29 is 14.3 Å². The van der Waals surface area contributed by atoms with Crippen molar-refractivity contribution in [1.82, 2.24) is 25.4 Å². The Bertz CT molecular complexity index is 1050.